The van der Waals surface area contributed by atoms with Gasteiger partial charge in [-0.1, -0.05) is 0 Å². The highest BCUT2D eigenvalue weighted by Gasteiger charge is 2.44. The number of aliphatic hydroxyl groups excluding tert-OH is 3. The Bertz CT molecular complexity index is 646. The van der Waals surface area contributed by atoms with Crippen LogP contribution in [0.15, 0.2) is 6.33 Å². The maximum atomic E-state index is 9.99. The van der Waals surface area contributed by atoms with Crippen molar-refractivity contribution in [3.8, 4) is 0 Å². The molecule has 0 aromatic carbocycles. The third kappa shape index (κ3) is 1.78. The zero-order valence-electron chi connectivity index (χ0n) is 10.3. The molecule has 108 valence electrons. The van der Waals surface area contributed by atoms with Crippen molar-refractivity contribution in [2.45, 2.75) is 24.5 Å². The SMILES string of the molecule is Nc1nc(N)c2ncn([C@H]3O[C@H](CO)[C@@H](O)[C@H]3O)c2n1. The predicted octanol–water partition coefficient (Wildman–Crippen LogP) is -2.40. The summed E-state index contributed by atoms with van der Waals surface area (Å²) in [5.74, 6) is 0.0708. The molecule has 0 bridgehead atoms. The Hall–Kier alpha value is -2.01. The van der Waals surface area contributed by atoms with Gasteiger partial charge in [-0.25, -0.2) is 4.98 Å². The van der Waals surface area contributed by atoms with Gasteiger partial charge in [-0.15, -0.1) is 0 Å². The van der Waals surface area contributed by atoms with Crippen molar-refractivity contribution in [2.75, 3.05) is 18.1 Å². The highest BCUT2D eigenvalue weighted by atomic mass is 16.6. The van der Waals surface area contributed by atoms with Gasteiger partial charge >= 0.3 is 0 Å². The number of rotatable bonds is 2. The molecule has 0 unspecified atom stereocenters. The highest BCUT2D eigenvalue weighted by Crippen LogP contribution is 2.31. The second-order valence-corrected chi connectivity index (χ2v) is 4.52. The lowest BCUT2D eigenvalue weighted by Gasteiger charge is -2.16. The molecule has 7 N–H and O–H groups in total. The Labute approximate surface area is 112 Å². The van der Waals surface area contributed by atoms with Crippen molar-refractivity contribution in [3.05, 3.63) is 6.33 Å². The minimum Gasteiger partial charge on any atom is -0.394 e. The Kier molecular flexibility index (Phi) is 2.94. The van der Waals surface area contributed by atoms with E-state index in [0.29, 0.717) is 5.52 Å². The van der Waals surface area contributed by atoms with Gasteiger partial charge in [-0.2, -0.15) is 9.97 Å². The van der Waals surface area contributed by atoms with Gasteiger partial charge in [-0.05, 0) is 0 Å². The third-order valence-electron chi connectivity index (χ3n) is 3.26. The molecule has 1 saturated heterocycles. The first kappa shape index (κ1) is 13.0. The topological polar surface area (TPSA) is 166 Å². The highest BCUT2D eigenvalue weighted by molar-refractivity contribution is 5.82. The summed E-state index contributed by atoms with van der Waals surface area (Å²) in [5, 5.41) is 28.8. The van der Waals surface area contributed by atoms with Crippen LogP contribution in [0.5, 0.6) is 0 Å². The van der Waals surface area contributed by atoms with Crippen LogP contribution in [0, 0.1) is 0 Å². The summed E-state index contributed by atoms with van der Waals surface area (Å²) in [6, 6.07) is 0. The van der Waals surface area contributed by atoms with Crippen LogP contribution in [-0.4, -0.2) is 59.8 Å². The van der Waals surface area contributed by atoms with Crippen molar-refractivity contribution >= 4 is 22.9 Å². The minimum absolute atomic E-state index is 0.0384. The number of fused-ring (bicyclic) bond motifs is 1. The summed E-state index contributed by atoms with van der Waals surface area (Å²) in [6.45, 7) is -0.416. The quantitative estimate of drug-likeness (QED) is 0.403. The lowest BCUT2D eigenvalue weighted by molar-refractivity contribution is -0.0511. The van der Waals surface area contributed by atoms with E-state index < -0.39 is 31.1 Å². The molecule has 20 heavy (non-hydrogen) atoms. The van der Waals surface area contributed by atoms with E-state index in [1.165, 1.54) is 10.9 Å². The number of ether oxygens (including phenoxy) is 1. The molecular formula is C10H14N6O4. The van der Waals surface area contributed by atoms with Crippen molar-refractivity contribution in [3.63, 3.8) is 0 Å². The minimum atomic E-state index is -1.23. The van der Waals surface area contributed by atoms with Crippen LogP contribution in [0.25, 0.3) is 11.2 Å². The fraction of sp³-hybridized carbons (Fsp3) is 0.500. The largest absolute Gasteiger partial charge is 0.394 e. The van der Waals surface area contributed by atoms with Gasteiger partial charge in [0, 0.05) is 0 Å². The van der Waals surface area contributed by atoms with Crippen LogP contribution in [0.4, 0.5) is 11.8 Å². The summed E-state index contributed by atoms with van der Waals surface area (Å²) in [7, 11) is 0. The Morgan fingerprint density at radius 2 is 2.00 bits per heavy atom. The maximum absolute atomic E-state index is 9.99. The monoisotopic (exact) mass is 282 g/mol. The average molecular weight is 282 g/mol. The van der Waals surface area contributed by atoms with E-state index in [1.54, 1.807) is 0 Å². The Morgan fingerprint density at radius 3 is 2.65 bits per heavy atom. The van der Waals surface area contributed by atoms with E-state index in [1.807, 2.05) is 0 Å². The number of nitrogen functional groups attached to an aromatic ring is 2. The van der Waals surface area contributed by atoms with Crippen molar-refractivity contribution in [1.29, 1.82) is 0 Å². The van der Waals surface area contributed by atoms with Gasteiger partial charge in [-0.3, -0.25) is 4.57 Å². The fourth-order valence-electron chi connectivity index (χ4n) is 2.25. The van der Waals surface area contributed by atoms with Crippen molar-refractivity contribution in [2.24, 2.45) is 0 Å². The van der Waals surface area contributed by atoms with E-state index in [2.05, 4.69) is 15.0 Å². The third-order valence-corrected chi connectivity index (χ3v) is 3.26. The molecule has 0 radical (unpaired) electrons. The molecule has 10 nitrogen and oxygen atoms in total. The molecule has 3 heterocycles. The first-order valence-electron chi connectivity index (χ1n) is 5.91. The van der Waals surface area contributed by atoms with Gasteiger partial charge in [0.2, 0.25) is 5.95 Å². The van der Waals surface area contributed by atoms with Crippen LogP contribution >= 0.6 is 0 Å². The lowest BCUT2D eigenvalue weighted by atomic mass is 10.1. The van der Waals surface area contributed by atoms with Gasteiger partial charge in [0.05, 0.1) is 12.9 Å². The summed E-state index contributed by atoms with van der Waals surface area (Å²) in [4.78, 5) is 11.8. The van der Waals surface area contributed by atoms with E-state index >= 15 is 0 Å². The molecule has 3 rings (SSSR count). The smallest absolute Gasteiger partial charge is 0.224 e. The molecule has 2 aromatic rings. The number of imidazole rings is 1. The summed E-state index contributed by atoms with van der Waals surface area (Å²) < 4.78 is 6.79. The molecule has 0 aliphatic carbocycles. The average Bonchev–Trinajstić information content (AvgIpc) is 2.93. The van der Waals surface area contributed by atoms with Crippen LogP contribution in [0.2, 0.25) is 0 Å². The van der Waals surface area contributed by atoms with Gasteiger partial charge in [0.25, 0.3) is 0 Å². The molecular weight excluding hydrogens is 268 g/mol. The second kappa shape index (κ2) is 4.52. The van der Waals surface area contributed by atoms with Crippen LogP contribution in [0.1, 0.15) is 6.23 Å². The number of hydrogen-bond donors (Lipinski definition) is 5. The molecule has 0 spiro atoms. The van der Waals surface area contributed by atoms with Crippen LogP contribution in [0.3, 0.4) is 0 Å². The molecule has 1 fully saturated rings. The Balaban J connectivity index is 2.07. The van der Waals surface area contributed by atoms with Gasteiger partial charge in [0.15, 0.2) is 17.7 Å². The molecule has 0 amide bonds. The zero-order chi connectivity index (χ0) is 14.4. The van der Waals surface area contributed by atoms with Crippen LogP contribution < -0.4 is 11.5 Å². The molecule has 4 atom stereocenters. The van der Waals surface area contributed by atoms with Gasteiger partial charge in [0.1, 0.15) is 23.8 Å². The number of nitrogens with zero attached hydrogens (tertiary/aromatic N) is 4. The Morgan fingerprint density at radius 1 is 1.25 bits per heavy atom. The predicted molar refractivity (Wildman–Crippen MR) is 67.2 cm³/mol. The lowest BCUT2D eigenvalue weighted by Crippen LogP contribution is -2.33. The fourth-order valence-corrected chi connectivity index (χ4v) is 2.25. The number of nitrogens with two attached hydrogens (primary N) is 2. The standard InChI is InChI=1S/C10H14N6O4/c11-7-4-8(15-10(12)14-7)16(2-13-4)9-6(19)5(18)3(1-17)20-9/h2-3,5-6,9,17-19H,1H2,(H4,11,12,14,15)/t3-,5-,6-,9+/m1/s1. The number of aliphatic hydroxyl groups is 3. The zero-order valence-corrected chi connectivity index (χ0v) is 10.3. The first-order valence-corrected chi connectivity index (χ1v) is 5.91. The summed E-state index contributed by atoms with van der Waals surface area (Å²) in [6.07, 6.45) is -2.92. The van der Waals surface area contributed by atoms with E-state index in [4.69, 9.17) is 21.3 Å². The van der Waals surface area contributed by atoms with Gasteiger partial charge < -0.3 is 31.5 Å². The number of anilines is 2. The first-order chi connectivity index (χ1) is 9.52. The number of aromatic nitrogens is 4. The van der Waals surface area contributed by atoms with Crippen molar-refractivity contribution < 1.29 is 20.1 Å². The second-order valence-electron chi connectivity index (χ2n) is 4.52. The normalized spacial score (nSPS) is 30.1. The van der Waals surface area contributed by atoms with E-state index in [-0.39, 0.29) is 17.4 Å². The number of hydrogen-bond acceptors (Lipinski definition) is 9. The van der Waals surface area contributed by atoms with Crippen molar-refractivity contribution in [1.82, 2.24) is 19.5 Å². The molecule has 2 aromatic heterocycles. The van der Waals surface area contributed by atoms with E-state index in [9.17, 15) is 10.2 Å². The molecule has 0 saturated carbocycles. The summed E-state index contributed by atoms with van der Waals surface area (Å²) in [5.41, 5.74) is 11.8. The summed E-state index contributed by atoms with van der Waals surface area (Å²) >= 11 is 0. The molecule has 1 aliphatic heterocycles. The molecule has 10 heteroatoms. The van der Waals surface area contributed by atoms with E-state index in [0.717, 1.165) is 0 Å². The van der Waals surface area contributed by atoms with Crippen LogP contribution in [-0.2, 0) is 4.74 Å². The maximum Gasteiger partial charge on any atom is 0.224 e. The molecule has 1 aliphatic rings.